The van der Waals surface area contributed by atoms with Crippen LogP contribution in [0.4, 0.5) is 0 Å². The highest BCUT2D eigenvalue weighted by molar-refractivity contribution is 5.95. The van der Waals surface area contributed by atoms with Gasteiger partial charge in [-0.15, -0.1) is 0 Å². The lowest BCUT2D eigenvalue weighted by Gasteiger charge is -2.30. The van der Waals surface area contributed by atoms with Gasteiger partial charge < -0.3 is 19.7 Å². The fourth-order valence-electron chi connectivity index (χ4n) is 5.60. The van der Waals surface area contributed by atoms with E-state index in [-0.39, 0.29) is 26.4 Å². The molecular formula is C29H24O4. The minimum absolute atomic E-state index is 0.0281. The number of hydrogen-bond donors (Lipinski definition) is 2. The number of fused-ring (bicyclic) bond motifs is 10. The maximum atomic E-state index is 9.27. The van der Waals surface area contributed by atoms with Crippen molar-refractivity contribution in [2.75, 3.05) is 26.4 Å². The highest BCUT2D eigenvalue weighted by atomic mass is 16.5. The van der Waals surface area contributed by atoms with Crippen LogP contribution in [0.3, 0.4) is 0 Å². The zero-order valence-corrected chi connectivity index (χ0v) is 18.1. The molecule has 0 heterocycles. The smallest absolute Gasteiger partial charge is 0.119 e. The van der Waals surface area contributed by atoms with Gasteiger partial charge in [-0.1, -0.05) is 60.7 Å². The zero-order valence-electron chi connectivity index (χ0n) is 18.1. The van der Waals surface area contributed by atoms with E-state index in [2.05, 4.69) is 72.8 Å². The second-order valence-corrected chi connectivity index (χ2v) is 8.40. The topological polar surface area (TPSA) is 58.9 Å². The Hall–Kier alpha value is -3.60. The van der Waals surface area contributed by atoms with Gasteiger partial charge in [-0.3, -0.25) is 0 Å². The van der Waals surface area contributed by atoms with Crippen molar-refractivity contribution < 1.29 is 19.7 Å². The second-order valence-electron chi connectivity index (χ2n) is 8.40. The monoisotopic (exact) mass is 436 g/mol. The molecule has 0 fully saturated rings. The van der Waals surface area contributed by atoms with Crippen molar-refractivity contribution in [1.29, 1.82) is 0 Å². The van der Waals surface area contributed by atoms with Crippen LogP contribution in [0.2, 0.25) is 0 Å². The summed E-state index contributed by atoms with van der Waals surface area (Å²) in [6.45, 7) is 0.454. The molecule has 0 radical (unpaired) electrons. The van der Waals surface area contributed by atoms with Gasteiger partial charge in [0.15, 0.2) is 0 Å². The van der Waals surface area contributed by atoms with Crippen LogP contribution in [0.5, 0.6) is 11.5 Å². The van der Waals surface area contributed by atoms with Gasteiger partial charge in [0.05, 0.1) is 18.6 Å². The molecule has 0 atom stereocenters. The molecule has 0 unspecified atom stereocenters. The number of benzene rings is 4. The van der Waals surface area contributed by atoms with Crippen molar-refractivity contribution in [2.24, 2.45) is 0 Å². The van der Waals surface area contributed by atoms with Gasteiger partial charge in [-0.2, -0.15) is 0 Å². The highest BCUT2D eigenvalue weighted by Gasteiger charge is 2.51. The van der Waals surface area contributed by atoms with Gasteiger partial charge in [0.25, 0.3) is 0 Å². The number of ether oxygens (including phenoxy) is 2. The Morgan fingerprint density at radius 3 is 1.39 bits per heavy atom. The lowest BCUT2D eigenvalue weighted by Crippen LogP contribution is -2.26. The lowest BCUT2D eigenvalue weighted by molar-refractivity contribution is 0.201. The van der Waals surface area contributed by atoms with Crippen LogP contribution < -0.4 is 9.47 Å². The van der Waals surface area contributed by atoms with Crippen molar-refractivity contribution in [1.82, 2.24) is 0 Å². The summed E-state index contributed by atoms with van der Waals surface area (Å²) in [5.41, 5.74) is 9.13. The molecule has 6 rings (SSSR count). The Morgan fingerprint density at radius 1 is 0.515 bits per heavy atom. The van der Waals surface area contributed by atoms with Gasteiger partial charge in [-0.25, -0.2) is 0 Å². The average Bonchev–Trinajstić information content (AvgIpc) is 3.33. The molecular weight excluding hydrogens is 412 g/mol. The quantitative estimate of drug-likeness (QED) is 0.395. The molecule has 164 valence electrons. The van der Waals surface area contributed by atoms with Gasteiger partial charge in [0.2, 0.25) is 0 Å². The molecule has 2 N–H and O–H groups in total. The van der Waals surface area contributed by atoms with E-state index in [1.807, 2.05) is 12.1 Å². The van der Waals surface area contributed by atoms with Crippen LogP contribution in [0.25, 0.3) is 22.3 Å². The van der Waals surface area contributed by atoms with Crippen LogP contribution in [0.15, 0.2) is 84.9 Å². The zero-order chi connectivity index (χ0) is 22.4. The van der Waals surface area contributed by atoms with Crippen molar-refractivity contribution >= 4 is 0 Å². The van der Waals surface area contributed by atoms with E-state index in [0.29, 0.717) is 0 Å². The molecule has 0 saturated carbocycles. The van der Waals surface area contributed by atoms with E-state index in [9.17, 15) is 10.2 Å². The van der Waals surface area contributed by atoms with Crippen LogP contribution in [0.1, 0.15) is 22.3 Å². The average molecular weight is 437 g/mol. The van der Waals surface area contributed by atoms with Crippen LogP contribution in [-0.4, -0.2) is 36.6 Å². The fraction of sp³-hybridized carbons (Fsp3) is 0.172. The van der Waals surface area contributed by atoms with E-state index in [4.69, 9.17) is 9.47 Å². The molecule has 0 amide bonds. The van der Waals surface area contributed by atoms with E-state index in [1.54, 1.807) is 0 Å². The molecule has 33 heavy (non-hydrogen) atoms. The summed E-state index contributed by atoms with van der Waals surface area (Å²) in [5.74, 6) is 1.49. The first-order chi connectivity index (χ1) is 16.3. The van der Waals surface area contributed by atoms with Crippen LogP contribution in [-0.2, 0) is 5.41 Å². The van der Waals surface area contributed by atoms with Crippen molar-refractivity contribution in [3.63, 3.8) is 0 Å². The van der Waals surface area contributed by atoms with Gasteiger partial charge in [-0.05, 0) is 68.8 Å². The maximum Gasteiger partial charge on any atom is 0.119 e. The fourth-order valence-corrected chi connectivity index (χ4v) is 5.60. The van der Waals surface area contributed by atoms with Gasteiger partial charge >= 0.3 is 0 Å². The number of aliphatic hydroxyl groups is 2. The van der Waals surface area contributed by atoms with E-state index in [1.165, 1.54) is 44.5 Å². The molecule has 0 aliphatic heterocycles. The second kappa shape index (κ2) is 7.77. The molecule has 2 aliphatic carbocycles. The number of hydrogen-bond acceptors (Lipinski definition) is 4. The Labute approximate surface area is 192 Å². The van der Waals surface area contributed by atoms with E-state index < -0.39 is 5.41 Å². The first kappa shape index (κ1) is 20.0. The summed E-state index contributed by atoms with van der Waals surface area (Å²) < 4.78 is 11.7. The Balaban J connectivity index is 1.68. The summed E-state index contributed by atoms with van der Waals surface area (Å²) in [7, 11) is 0. The third-order valence-corrected chi connectivity index (χ3v) is 6.75. The lowest BCUT2D eigenvalue weighted by atomic mass is 9.70. The summed E-state index contributed by atoms with van der Waals surface area (Å²) >= 11 is 0. The van der Waals surface area contributed by atoms with E-state index in [0.717, 1.165) is 11.5 Å². The molecule has 2 aliphatic rings. The first-order valence-electron chi connectivity index (χ1n) is 11.2. The molecule has 0 bridgehead atoms. The number of rotatable bonds is 6. The molecule has 4 nitrogen and oxygen atoms in total. The van der Waals surface area contributed by atoms with Crippen molar-refractivity contribution in [3.05, 3.63) is 107 Å². The van der Waals surface area contributed by atoms with Crippen LogP contribution >= 0.6 is 0 Å². The molecule has 4 aromatic carbocycles. The molecule has 1 spiro atoms. The predicted molar refractivity (Wildman–Crippen MR) is 128 cm³/mol. The molecule has 0 aromatic heterocycles. The highest BCUT2D eigenvalue weighted by Crippen LogP contribution is 2.63. The molecule has 0 saturated heterocycles. The Morgan fingerprint density at radius 2 is 0.939 bits per heavy atom. The third kappa shape index (κ3) is 2.78. The Bertz CT molecular complexity index is 1250. The summed E-state index contributed by atoms with van der Waals surface area (Å²) in [6, 6.07) is 29.6. The van der Waals surface area contributed by atoms with Gasteiger partial charge in [0.1, 0.15) is 24.7 Å². The predicted octanol–water partition coefficient (Wildman–Crippen LogP) is 4.77. The minimum Gasteiger partial charge on any atom is -0.491 e. The standard InChI is InChI=1S/C29H24O4/c30-13-15-32-19-9-11-23-21-5-1-3-7-25(21)29(27(23)17-19)26-8-4-2-6-22(26)24-12-10-20(18-28(24)29)33-16-14-31/h1-12,17-18,30-31H,13-16H2. The number of aliphatic hydroxyl groups excluding tert-OH is 2. The van der Waals surface area contributed by atoms with E-state index >= 15 is 0 Å². The SMILES string of the molecule is OCCOc1ccc2c(c1)C1(c3ccccc3-2)c2ccccc2-c2ccc(OCCO)cc21. The molecule has 4 aromatic rings. The first-order valence-corrected chi connectivity index (χ1v) is 11.2. The maximum absolute atomic E-state index is 9.27. The summed E-state index contributed by atoms with van der Waals surface area (Å²) in [6.07, 6.45) is 0. The largest absolute Gasteiger partial charge is 0.491 e. The van der Waals surface area contributed by atoms with Crippen LogP contribution in [0, 0.1) is 0 Å². The third-order valence-electron chi connectivity index (χ3n) is 6.75. The van der Waals surface area contributed by atoms with Crippen molar-refractivity contribution in [2.45, 2.75) is 5.41 Å². The van der Waals surface area contributed by atoms with Crippen molar-refractivity contribution in [3.8, 4) is 33.8 Å². The summed E-state index contributed by atoms with van der Waals surface area (Å²) in [4.78, 5) is 0. The summed E-state index contributed by atoms with van der Waals surface area (Å²) in [5, 5.41) is 18.5. The van der Waals surface area contributed by atoms with Gasteiger partial charge in [0, 0.05) is 0 Å². The Kier molecular flexibility index (Phi) is 4.72. The molecule has 4 heteroatoms. The normalized spacial score (nSPS) is 13.9. The minimum atomic E-state index is -0.491.